The lowest BCUT2D eigenvalue weighted by Gasteiger charge is -2.09. The average Bonchev–Trinajstić information content (AvgIpc) is 2.61. The van der Waals surface area contributed by atoms with Gasteiger partial charge in [-0.3, -0.25) is 9.59 Å². The first-order chi connectivity index (χ1) is 12.7. The Morgan fingerprint density at radius 1 is 1.11 bits per heavy atom. The molecule has 0 aliphatic heterocycles. The van der Waals surface area contributed by atoms with Crippen LogP contribution >= 0.6 is 11.6 Å². The van der Waals surface area contributed by atoms with Gasteiger partial charge < -0.3 is 10.1 Å². The molecule has 0 saturated heterocycles. The minimum atomic E-state index is -3.77. The van der Waals surface area contributed by atoms with E-state index >= 15 is 0 Å². The van der Waals surface area contributed by atoms with Gasteiger partial charge in [-0.1, -0.05) is 23.7 Å². The van der Waals surface area contributed by atoms with E-state index in [1.54, 1.807) is 18.2 Å². The molecule has 0 spiro atoms. The Kier molecular flexibility index (Phi) is 6.95. The van der Waals surface area contributed by atoms with Crippen molar-refractivity contribution < 1.29 is 22.7 Å². The van der Waals surface area contributed by atoms with Gasteiger partial charge in [-0.25, -0.2) is 13.1 Å². The smallest absolute Gasteiger partial charge is 0.240 e. The molecule has 0 atom stereocenters. The van der Waals surface area contributed by atoms with Gasteiger partial charge in [0.25, 0.3) is 0 Å². The normalized spacial score (nSPS) is 11.1. The van der Waals surface area contributed by atoms with Crippen molar-refractivity contribution in [3.63, 3.8) is 0 Å². The van der Waals surface area contributed by atoms with Crippen molar-refractivity contribution in [2.24, 2.45) is 0 Å². The molecule has 0 bridgehead atoms. The van der Waals surface area contributed by atoms with E-state index in [1.165, 1.54) is 38.3 Å². The van der Waals surface area contributed by atoms with Crippen LogP contribution in [0.5, 0.6) is 5.75 Å². The summed E-state index contributed by atoms with van der Waals surface area (Å²) in [5.74, 6) is -0.0358. The second-order valence-electron chi connectivity index (χ2n) is 5.63. The standard InChI is InChI=1S/C18H19ClN2O5S/c1-12(22)13-3-6-15(7-4-13)27(24,25)20-10-9-18(23)21-14-5-8-17(26-2)16(19)11-14/h3-8,11,20H,9-10H2,1-2H3,(H,21,23). The molecule has 0 heterocycles. The highest BCUT2D eigenvalue weighted by molar-refractivity contribution is 7.89. The van der Waals surface area contributed by atoms with Crippen LogP contribution in [0.1, 0.15) is 23.7 Å². The van der Waals surface area contributed by atoms with Gasteiger partial charge >= 0.3 is 0 Å². The molecular weight excluding hydrogens is 392 g/mol. The number of Topliss-reactive ketones (excluding diaryl/α,β-unsaturated/α-hetero) is 1. The predicted octanol–water partition coefficient (Wildman–Crippen LogP) is 2.86. The molecule has 0 aliphatic carbocycles. The number of carbonyl (C=O) groups is 2. The summed E-state index contributed by atoms with van der Waals surface area (Å²) in [6.07, 6.45) is -0.0611. The fraction of sp³-hybridized carbons (Fsp3) is 0.222. The summed E-state index contributed by atoms with van der Waals surface area (Å²) in [5, 5.41) is 2.98. The number of hydrogen-bond donors (Lipinski definition) is 2. The molecule has 0 radical (unpaired) electrons. The number of hydrogen-bond acceptors (Lipinski definition) is 5. The third kappa shape index (κ3) is 5.78. The number of sulfonamides is 1. The minimum absolute atomic E-state index is 0.0230. The minimum Gasteiger partial charge on any atom is -0.495 e. The van der Waals surface area contributed by atoms with Crippen LogP contribution in [0.2, 0.25) is 5.02 Å². The van der Waals surface area contributed by atoms with Gasteiger partial charge in [-0.15, -0.1) is 0 Å². The van der Waals surface area contributed by atoms with E-state index in [4.69, 9.17) is 16.3 Å². The van der Waals surface area contributed by atoms with E-state index in [2.05, 4.69) is 10.0 Å². The average molecular weight is 411 g/mol. The molecule has 7 nitrogen and oxygen atoms in total. The number of ether oxygens (including phenoxy) is 1. The second kappa shape index (κ2) is 8.98. The van der Waals surface area contributed by atoms with Crippen molar-refractivity contribution in [2.75, 3.05) is 19.0 Å². The van der Waals surface area contributed by atoms with Crippen LogP contribution in [-0.4, -0.2) is 33.8 Å². The summed E-state index contributed by atoms with van der Waals surface area (Å²) in [7, 11) is -2.28. The Bertz CT molecular complexity index is 943. The molecule has 0 fully saturated rings. The van der Waals surface area contributed by atoms with Crippen LogP contribution in [0.15, 0.2) is 47.4 Å². The van der Waals surface area contributed by atoms with Crippen molar-refractivity contribution in [1.82, 2.24) is 4.72 Å². The number of ketones is 1. The molecule has 0 saturated carbocycles. The summed E-state index contributed by atoms with van der Waals surface area (Å²) in [6.45, 7) is 1.32. The number of carbonyl (C=O) groups excluding carboxylic acids is 2. The molecule has 2 rings (SSSR count). The third-order valence-corrected chi connectivity index (χ3v) is 5.42. The molecule has 1 amide bonds. The topological polar surface area (TPSA) is 102 Å². The maximum atomic E-state index is 12.2. The fourth-order valence-electron chi connectivity index (χ4n) is 2.22. The Morgan fingerprint density at radius 2 is 1.78 bits per heavy atom. The van der Waals surface area contributed by atoms with Crippen molar-refractivity contribution in [3.05, 3.63) is 53.1 Å². The molecule has 27 heavy (non-hydrogen) atoms. The molecule has 0 aromatic heterocycles. The van der Waals surface area contributed by atoms with Crippen molar-refractivity contribution in [3.8, 4) is 5.75 Å². The van der Waals surface area contributed by atoms with Crippen LogP contribution in [0, 0.1) is 0 Å². The third-order valence-electron chi connectivity index (χ3n) is 3.65. The Labute approximate surface area is 162 Å². The van der Waals surface area contributed by atoms with Crippen molar-refractivity contribution >= 4 is 39.0 Å². The molecule has 9 heteroatoms. The zero-order valence-electron chi connectivity index (χ0n) is 14.8. The predicted molar refractivity (Wildman–Crippen MR) is 103 cm³/mol. The lowest BCUT2D eigenvalue weighted by atomic mass is 10.2. The lowest BCUT2D eigenvalue weighted by molar-refractivity contribution is -0.116. The number of anilines is 1. The largest absolute Gasteiger partial charge is 0.495 e. The highest BCUT2D eigenvalue weighted by atomic mass is 35.5. The van der Waals surface area contributed by atoms with Gasteiger partial charge in [0.05, 0.1) is 17.0 Å². The zero-order chi connectivity index (χ0) is 20.0. The fourth-order valence-corrected chi connectivity index (χ4v) is 3.51. The highest BCUT2D eigenvalue weighted by Gasteiger charge is 2.15. The van der Waals surface area contributed by atoms with Crippen molar-refractivity contribution in [1.29, 1.82) is 0 Å². The first-order valence-electron chi connectivity index (χ1n) is 7.97. The van der Waals surface area contributed by atoms with Gasteiger partial charge in [0.1, 0.15) is 5.75 Å². The van der Waals surface area contributed by atoms with Crippen molar-refractivity contribution in [2.45, 2.75) is 18.2 Å². The summed E-state index contributed by atoms with van der Waals surface area (Å²) in [6, 6.07) is 10.4. The maximum Gasteiger partial charge on any atom is 0.240 e. The molecular formula is C18H19ClN2O5S. The second-order valence-corrected chi connectivity index (χ2v) is 7.80. The van der Waals surface area contributed by atoms with E-state index in [-0.39, 0.29) is 29.6 Å². The summed E-state index contributed by atoms with van der Waals surface area (Å²) < 4.78 is 31.8. The summed E-state index contributed by atoms with van der Waals surface area (Å²) >= 11 is 5.99. The van der Waals surface area contributed by atoms with Gasteiger partial charge in [-0.2, -0.15) is 0 Å². The number of benzene rings is 2. The maximum absolute atomic E-state index is 12.2. The van der Waals surface area contributed by atoms with E-state index in [1.807, 2.05) is 0 Å². The van der Waals surface area contributed by atoms with Gasteiger partial charge in [0, 0.05) is 24.2 Å². The van der Waals surface area contributed by atoms with Gasteiger partial charge in [0.2, 0.25) is 15.9 Å². The van der Waals surface area contributed by atoms with Gasteiger partial charge in [0.15, 0.2) is 5.78 Å². The van der Waals surface area contributed by atoms with E-state index in [0.717, 1.165) is 0 Å². The zero-order valence-corrected chi connectivity index (χ0v) is 16.4. The summed E-state index contributed by atoms with van der Waals surface area (Å²) in [4.78, 5) is 23.2. The number of halogens is 1. The SMILES string of the molecule is COc1ccc(NC(=O)CCNS(=O)(=O)c2ccc(C(C)=O)cc2)cc1Cl. The molecule has 0 unspecified atom stereocenters. The molecule has 2 N–H and O–H groups in total. The monoisotopic (exact) mass is 410 g/mol. The Balaban J connectivity index is 1.89. The van der Waals surface area contributed by atoms with Crippen LogP contribution in [0.25, 0.3) is 0 Å². The molecule has 0 aliphatic rings. The van der Waals surface area contributed by atoms with E-state index in [9.17, 15) is 18.0 Å². The Hall–Kier alpha value is -2.42. The molecule has 2 aromatic rings. The number of nitrogens with one attached hydrogen (secondary N) is 2. The van der Waals surface area contributed by atoms with E-state index in [0.29, 0.717) is 22.0 Å². The quantitative estimate of drug-likeness (QED) is 0.651. The molecule has 2 aromatic carbocycles. The van der Waals surface area contributed by atoms with Gasteiger partial charge in [-0.05, 0) is 37.3 Å². The van der Waals surface area contributed by atoms with Crippen LogP contribution in [0.3, 0.4) is 0 Å². The first kappa shape index (κ1) is 20.9. The Morgan fingerprint density at radius 3 is 2.33 bits per heavy atom. The number of amides is 1. The van der Waals surface area contributed by atoms with E-state index < -0.39 is 10.0 Å². The lowest BCUT2D eigenvalue weighted by Crippen LogP contribution is -2.27. The first-order valence-corrected chi connectivity index (χ1v) is 9.83. The van der Waals surface area contributed by atoms with Crippen LogP contribution in [0.4, 0.5) is 5.69 Å². The number of methoxy groups -OCH3 is 1. The number of rotatable bonds is 8. The molecule has 144 valence electrons. The van der Waals surface area contributed by atoms with Crippen LogP contribution < -0.4 is 14.8 Å². The van der Waals surface area contributed by atoms with Crippen LogP contribution in [-0.2, 0) is 14.8 Å². The highest BCUT2D eigenvalue weighted by Crippen LogP contribution is 2.27. The summed E-state index contributed by atoms with van der Waals surface area (Å²) in [5.41, 5.74) is 0.903.